The minimum atomic E-state index is -0.363. The molecule has 0 saturated heterocycles. The van der Waals surface area contributed by atoms with Crippen LogP contribution >= 0.6 is 15.9 Å². The first kappa shape index (κ1) is 12.5. The Bertz CT molecular complexity index is 363. The van der Waals surface area contributed by atoms with Gasteiger partial charge in [-0.15, -0.1) is 0 Å². The SMILES string of the molecule is O=C(CCCCBr)NC1(c2ncon2)CCC1. The maximum atomic E-state index is 11.8. The Morgan fingerprint density at radius 1 is 1.53 bits per heavy atom. The molecule has 1 aromatic heterocycles. The van der Waals surface area contributed by atoms with E-state index in [0.717, 1.165) is 37.4 Å². The van der Waals surface area contributed by atoms with Crippen LogP contribution in [-0.4, -0.2) is 21.4 Å². The van der Waals surface area contributed by atoms with Crippen LogP contribution in [0.1, 0.15) is 44.3 Å². The van der Waals surface area contributed by atoms with Gasteiger partial charge in [0.25, 0.3) is 0 Å². The smallest absolute Gasteiger partial charge is 0.220 e. The summed E-state index contributed by atoms with van der Waals surface area (Å²) in [5.74, 6) is 0.688. The number of aromatic nitrogens is 2. The third kappa shape index (κ3) is 2.86. The van der Waals surface area contributed by atoms with Crippen LogP contribution in [0.2, 0.25) is 0 Å². The summed E-state index contributed by atoms with van der Waals surface area (Å²) in [6.07, 6.45) is 6.68. The molecule has 1 N–H and O–H groups in total. The summed E-state index contributed by atoms with van der Waals surface area (Å²) in [7, 11) is 0. The van der Waals surface area contributed by atoms with Crippen LogP contribution in [0.15, 0.2) is 10.9 Å². The van der Waals surface area contributed by atoms with Crippen molar-refractivity contribution < 1.29 is 9.32 Å². The Morgan fingerprint density at radius 3 is 2.88 bits per heavy atom. The molecule has 0 radical (unpaired) electrons. The molecule has 6 heteroatoms. The van der Waals surface area contributed by atoms with Crippen molar-refractivity contribution in [3.63, 3.8) is 0 Å². The monoisotopic (exact) mass is 301 g/mol. The van der Waals surface area contributed by atoms with Gasteiger partial charge in [0.05, 0.1) is 0 Å². The van der Waals surface area contributed by atoms with Gasteiger partial charge in [0.1, 0.15) is 5.54 Å². The fourth-order valence-corrected chi connectivity index (χ4v) is 2.42. The van der Waals surface area contributed by atoms with Gasteiger partial charge < -0.3 is 9.84 Å². The molecular weight excluding hydrogens is 286 g/mol. The highest BCUT2D eigenvalue weighted by atomic mass is 79.9. The van der Waals surface area contributed by atoms with Gasteiger partial charge in [-0.05, 0) is 32.1 Å². The molecule has 1 saturated carbocycles. The summed E-state index contributed by atoms with van der Waals surface area (Å²) in [6.45, 7) is 0. The van der Waals surface area contributed by atoms with Crippen molar-refractivity contribution in [1.29, 1.82) is 0 Å². The number of halogens is 1. The van der Waals surface area contributed by atoms with E-state index in [1.807, 2.05) is 0 Å². The number of hydrogen-bond acceptors (Lipinski definition) is 4. The zero-order chi connectivity index (χ0) is 12.1. The number of unbranched alkanes of at least 4 members (excludes halogenated alkanes) is 1. The Morgan fingerprint density at radius 2 is 2.35 bits per heavy atom. The minimum Gasteiger partial charge on any atom is -0.343 e. The summed E-state index contributed by atoms with van der Waals surface area (Å²) in [5.41, 5.74) is -0.363. The Labute approximate surface area is 108 Å². The zero-order valence-corrected chi connectivity index (χ0v) is 11.2. The molecule has 0 spiro atoms. The van der Waals surface area contributed by atoms with Gasteiger partial charge >= 0.3 is 0 Å². The molecule has 94 valence electrons. The summed E-state index contributed by atoms with van der Waals surface area (Å²) in [4.78, 5) is 15.9. The highest BCUT2D eigenvalue weighted by Crippen LogP contribution is 2.39. The summed E-state index contributed by atoms with van der Waals surface area (Å²) < 4.78 is 4.76. The van der Waals surface area contributed by atoms with Crippen LogP contribution in [0.5, 0.6) is 0 Å². The molecule has 17 heavy (non-hydrogen) atoms. The quantitative estimate of drug-likeness (QED) is 0.645. The van der Waals surface area contributed by atoms with Gasteiger partial charge in [0, 0.05) is 11.8 Å². The van der Waals surface area contributed by atoms with Crippen molar-refractivity contribution in [1.82, 2.24) is 15.5 Å². The zero-order valence-electron chi connectivity index (χ0n) is 9.62. The predicted octanol–water partition coefficient (Wildman–Crippen LogP) is 2.13. The fourth-order valence-electron chi connectivity index (χ4n) is 2.03. The van der Waals surface area contributed by atoms with Crippen molar-refractivity contribution in [3.8, 4) is 0 Å². The first-order chi connectivity index (χ1) is 8.27. The number of nitrogens with one attached hydrogen (secondary N) is 1. The van der Waals surface area contributed by atoms with Crippen molar-refractivity contribution in [2.45, 2.75) is 44.1 Å². The van der Waals surface area contributed by atoms with E-state index in [2.05, 4.69) is 31.4 Å². The van der Waals surface area contributed by atoms with Crippen LogP contribution in [0.4, 0.5) is 0 Å². The number of nitrogens with zero attached hydrogens (tertiary/aromatic N) is 2. The molecule has 2 rings (SSSR count). The topological polar surface area (TPSA) is 68.0 Å². The number of hydrogen-bond donors (Lipinski definition) is 1. The largest absolute Gasteiger partial charge is 0.343 e. The van der Waals surface area contributed by atoms with Gasteiger partial charge in [-0.3, -0.25) is 4.79 Å². The van der Waals surface area contributed by atoms with Gasteiger partial charge in [-0.1, -0.05) is 21.1 Å². The second-order valence-electron chi connectivity index (χ2n) is 4.38. The van der Waals surface area contributed by atoms with Crippen molar-refractivity contribution >= 4 is 21.8 Å². The highest BCUT2D eigenvalue weighted by molar-refractivity contribution is 9.09. The molecule has 1 heterocycles. The third-order valence-electron chi connectivity index (χ3n) is 3.16. The molecule has 0 unspecified atom stereocenters. The molecule has 1 aromatic rings. The third-order valence-corrected chi connectivity index (χ3v) is 3.72. The lowest BCUT2D eigenvalue weighted by atomic mass is 9.76. The number of carbonyl (C=O) groups excluding carboxylic acids is 1. The number of rotatable bonds is 6. The summed E-state index contributed by atoms with van der Waals surface area (Å²) in [5, 5.41) is 7.84. The van der Waals surface area contributed by atoms with E-state index in [-0.39, 0.29) is 11.4 Å². The predicted molar refractivity (Wildman–Crippen MR) is 65.6 cm³/mol. The maximum Gasteiger partial charge on any atom is 0.220 e. The van der Waals surface area contributed by atoms with E-state index in [0.29, 0.717) is 12.2 Å². The second kappa shape index (κ2) is 5.62. The number of amides is 1. The lowest BCUT2D eigenvalue weighted by Crippen LogP contribution is -2.51. The lowest BCUT2D eigenvalue weighted by Gasteiger charge is -2.39. The van der Waals surface area contributed by atoms with E-state index in [9.17, 15) is 4.79 Å². The number of carbonyl (C=O) groups is 1. The first-order valence-corrected chi connectivity index (χ1v) is 7.03. The van der Waals surface area contributed by atoms with E-state index in [1.54, 1.807) is 0 Å². The van der Waals surface area contributed by atoms with Gasteiger partial charge in [-0.25, -0.2) is 0 Å². The van der Waals surface area contributed by atoms with E-state index < -0.39 is 0 Å². The van der Waals surface area contributed by atoms with Gasteiger partial charge in [0.2, 0.25) is 12.3 Å². The summed E-state index contributed by atoms with van der Waals surface area (Å²) in [6, 6.07) is 0. The average Bonchev–Trinajstić information content (AvgIpc) is 2.77. The van der Waals surface area contributed by atoms with Crippen molar-refractivity contribution in [2.75, 3.05) is 5.33 Å². The molecule has 0 aliphatic heterocycles. The standard InChI is InChI=1S/C11H16BrN3O2/c12-7-2-1-4-9(16)14-11(5-3-6-11)10-13-8-17-15-10/h8H,1-7H2,(H,14,16). The van der Waals surface area contributed by atoms with E-state index in [1.165, 1.54) is 6.39 Å². The molecule has 1 aliphatic rings. The first-order valence-electron chi connectivity index (χ1n) is 5.91. The molecule has 5 nitrogen and oxygen atoms in total. The Kier molecular flexibility index (Phi) is 4.15. The lowest BCUT2D eigenvalue weighted by molar-refractivity contribution is -0.124. The van der Waals surface area contributed by atoms with E-state index >= 15 is 0 Å². The molecule has 0 aromatic carbocycles. The van der Waals surface area contributed by atoms with Crippen molar-refractivity contribution in [2.24, 2.45) is 0 Å². The molecule has 1 amide bonds. The van der Waals surface area contributed by atoms with Crippen LogP contribution in [-0.2, 0) is 10.3 Å². The summed E-state index contributed by atoms with van der Waals surface area (Å²) >= 11 is 3.35. The van der Waals surface area contributed by atoms with Gasteiger partial charge in [0.15, 0.2) is 5.82 Å². The molecule has 1 fully saturated rings. The van der Waals surface area contributed by atoms with Crippen molar-refractivity contribution in [3.05, 3.63) is 12.2 Å². The maximum absolute atomic E-state index is 11.8. The second-order valence-corrected chi connectivity index (χ2v) is 5.18. The average molecular weight is 302 g/mol. The Balaban J connectivity index is 1.89. The van der Waals surface area contributed by atoms with E-state index in [4.69, 9.17) is 4.52 Å². The van der Waals surface area contributed by atoms with Crippen LogP contribution < -0.4 is 5.32 Å². The van der Waals surface area contributed by atoms with Gasteiger partial charge in [-0.2, -0.15) is 4.98 Å². The number of alkyl halides is 1. The molecule has 0 bridgehead atoms. The highest BCUT2D eigenvalue weighted by Gasteiger charge is 2.43. The Hall–Kier alpha value is -0.910. The minimum absolute atomic E-state index is 0.0791. The van der Waals surface area contributed by atoms with Crippen LogP contribution in [0.25, 0.3) is 0 Å². The normalized spacial score (nSPS) is 17.5. The van der Waals surface area contributed by atoms with Crippen LogP contribution in [0, 0.1) is 0 Å². The molecule has 1 aliphatic carbocycles. The molecule has 0 atom stereocenters. The fraction of sp³-hybridized carbons (Fsp3) is 0.727. The molecular formula is C11H16BrN3O2. The van der Waals surface area contributed by atoms with Crippen LogP contribution in [0.3, 0.4) is 0 Å².